The van der Waals surface area contributed by atoms with Gasteiger partial charge in [0.15, 0.2) is 0 Å². The summed E-state index contributed by atoms with van der Waals surface area (Å²) in [6, 6.07) is 8.35. The largest absolute Gasteiger partial charge is 0.384 e. The van der Waals surface area contributed by atoms with Gasteiger partial charge in [0.2, 0.25) is 5.91 Å². The molecule has 1 aromatic carbocycles. The molecule has 0 aromatic heterocycles. The Morgan fingerprint density at radius 2 is 1.92 bits per heavy atom. The van der Waals surface area contributed by atoms with Crippen molar-refractivity contribution in [3.8, 4) is 0 Å². The summed E-state index contributed by atoms with van der Waals surface area (Å²) >= 11 is 3.65. The maximum absolute atomic E-state index is 12.9. The number of carbonyl (C=O) groups excluding carboxylic acids is 1. The molecule has 0 atom stereocenters. The van der Waals surface area contributed by atoms with Crippen molar-refractivity contribution in [3.63, 3.8) is 0 Å². The van der Waals surface area contributed by atoms with Crippen LogP contribution in [0.15, 0.2) is 28.7 Å². The highest BCUT2D eigenvalue weighted by Gasteiger charge is 2.47. The zero-order valence-corrected chi connectivity index (χ0v) is 16.5. The molecule has 0 unspecified atom stereocenters. The van der Waals surface area contributed by atoms with E-state index < -0.39 is 0 Å². The van der Waals surface area contributed by atoms with E-state index in [-0.39, 0.29) is 29.1 Å². The van der Waals surface area contributed by atoms with Crippen molar-refractivity contribution >= 4 is 34.2 Å². The van der Waals surface area contributed by atoms with E-state index in [4.69, 9.17) is 4.74 Å². The fraction of sp³-hybridized carbons (Fsp3) is 0.611. The molecule has 1 heterocycles. The third-order valence-corrected chi connectivity index (χ3v) is 6.04. The van der Waals surface area contributed by atoms with E-state index in [0.29, 0.717) is 13.2 Å². The van der Waals surface area contributed by atoms with Crippen LogP contribution in [-0.2, 0) is 14.9 Å². The van der Waals surface area contributed by atoms with Gasteiger partial charge < -0.3 is 15.4 Å². The lowest BCUT2D eigenvalue weighted by Crippen LogP contribution is -2.51. The van der Waals surface area contributed by atoms with Gasteiger partial charge in [0.25, 0.3) is 0 Å². The predicted molar refractivity (Wildman–Crippen MR) is 102 cm³/mol. The van der Waals surface area contributed by atoms with Gasteiger partial charge in [-0.05, 0) is 50.4 Å². The van der Waals surface area contributed by atoms with Gasteiger partial charge in [-0.2, -0.15) is 0 Å². The number of ether oxygens (including phenoxy) is 1. The molecule has 1 aromatic rings. The molecule has 24 heavy (non-hydrogen) atoms. The summed E-state index contributed by atoms with van der Waals surface area (Å²) in [7, 11) is 1.68. The molecule has 134 valence electrons. The number of carbonyl (C=O) groups is 1. The van der Waals surface area contributed by atoms with Gasteiger partial charge in [-0.3, -0.25) is 4.79 Å². The quantitative estimate of drug-likeness (QED) is 0.748. The summed E-state index contributed by atoms with van der Waals surface area (Å²) < 4.78 is 6.50. The Kier molecular flexibility index (Phi) is 6.71. The van der Waals surface area contributed by atoms with E-state index in [9.17, 15) is 4.79 Å². The standard InChI is InChI=1S/C18H25BrN2O2.ClH/c1-23-13-18(8-10-20-11-9-18)16(22)21-12-17(6-7-17)14-4-2-3-5-15(14)19;/h2-5,20H,6-13H2,1H3,(H,21,22);1H. The summed E-state index contributed by atoms with van der Waals surface area (Å²) in [6.07, 6.45) is 3.95. The number of amides is 1. The van der Waals surface area contributed by atoms with Crippen molar-refractivity contribution < 1.29 is 9.53 Å². The lowest BCUT2D eigenvalue weighted by atomic mass is 9.78. The Morgan fingerprint density at radius 3 is 2.50 bits per heavy atom. The van der Waals surface area contributed by atoms with Crippen LogP contribution < -0.4 is 10.6 Å². The summed E-state index contributed by atoms with van der Waals surface area (Å²) in [5.41, 5.74) is 1.05. The number of benzene rings is 1. The van der Waals surface area contributed by atoms with Crippen molar-refractivity contribution in [2.75, 3.05) is 33.4 Å². The third-order valence-electron chi connectivity index (χ3n) is 5.35. The van der Waals surface area contributed by atoms with Gasteiger partial charge in [-0.25, -0.2) is 0 Å². The van der Waals surface area contributed by atoms with Crippen LogP contribution in [0.25, 0.3) is 0 Å². The fourth-order valence-corrected chi connectivity index (χ4v) is 4.34. The molecule has 2 aliphatic rings. The van der Waals surface area contributed by atoms with Gasteiger partial charge in [0.05, 0.1) is 12.0 Å². The molecule has 0 bridgehead atoms. The first-order valence-electron chi connectivity index (χ1n) is 8.35. The Morgan fingerprint density at radius 1 is 1.25 bits per heavy atom. The number of halogens is 2. The lowest BCUT2D eigenvalue weighted by Gasteiger charge is -2.36. The maximum Gasteiger partial charge on any atom is 0.228 e. The maximum atomic E-state index is 12.9. The first kappa shape index (κ1) is 19.7. The van der Waals surface area contributed by atoms with Crippen molar-refractivity contribution in [1.29, 1.82) is 0 Å². The number of rotatable bonds is 6. The average molecular weight is 418 g/mol. The van der Waals surface area contributed by atoms with Crippen molar-refractivity contribution in [2.45, 2.75) is 31.1 Å². The summed E-state index contributed by atoms with van der Waals surface area (Å²) in [5.74, 6) is 0.152. The van der Waals surface area contributed by atoms with Crippen LogP contribution in [0.3, 0.4) is 0 Å². The van der Waals surface area contributed by atoms with Gasteiger partial charge >= 0.3 is 0 Å². The summed E-state index contributed by atoms with van der Waals surface area (Å²) in [6.45, 7) is 2.98. The molecule has 2 N–H and O–H groups in total. The van der Waals surface area contributed by atoms with Crippen LogP contribution in [0.2, 0.25) is 0 Å². The Bertz CT molecular complexity index is 566. The minimum Gasteiger partial charge on any atom is -0.384 e. The number of methoxy groups -OCH3 is 1. The van der Waals surface area contributed by atoms with Crippen LogP contribution in [0.5, 0.6) is 0 Å². The van der Waals surface area contributed by atoms with E-state index in [1.54, 1.807) is 7.11 Å². The first-order valence-corrected chi connectivity index (χ1v) is 9.14. The molecule has 6 heteroatoms. The third kappa shape index (κ3) is 3.96. The molecule has 1 saturated heterocycles. The minimum atomic E-state index is -0.371. The topological polar surface area (TPSA) is 50.4 Å². The summed E-state index contributed by atoms with van der Waals surface area (Å²) in [5, 5.41) is 6.57. The van der Waals surface area contributed by atoms with Gasteiger partial charge in [-0.15, -0.1) is 12.4 Å². The average Bonchev–Trinajstić information content (AvgIpc) is 3.35. The molecule has 1 aliphatic heterocycles. The molecular formula is C18H26BrClN2O2. The SMILES string of the molecule is COCC1(C(=O)NCC2(c3ccccc3Br)CC2)CCNCC1.Cl. The predicted octanol–water partition coefficient (Wildman–Crippen LogP) is 3.03. The van der Waals surface area contributed by atoms with Crippen LogP contribution in [0, 0.1) is 5.41 Å². The normalized spacial score (nSPS) is 20.8. The summed E-state index contributed by atoms with van der Waals surface area (Å²) in [4.78, 5) is 12.9. The monoisotopic (exact) mass is 416 g/mol. The second kappa shape index (κ2) is 8.17. The molecular weight excluding hydrogens is 392 g/mol. The molecule has 3 rings (SSSR count). The lowest BCUT2D eigenvalue weighted by molar-refractivity contribution is -0.136. The molecule has 0 radical (unpaired) electrons. The Hall–Kier alpha value is -0.620. The van der Waals surface area contributed by atoms with E-state index >= 15 is 0 Å². The van der Waals surface area contributed by atoms with Crippen molar-refractivity contribution in [3.05, 3.63) is 34.3 Å². The highest BCUT2D eigenvalue weighted by molar-refractivity contribution is 9.10. The van der Waals surface area contributed by atoms with Gasteiger partial charge in [-0.1, -0.05) is 34.1 Å². The number of hydrogen-bond acceptors (Lipinski definition) is 3. The molecule has 1 saturated carbocycles. The zero-order chi connectivity index (χ0) is 16.3. The molecule has 1 amide bonds. The van der Waals surface area contributed by atoms with E-state index in [0.717, 1.165) is 43.2 Å². The smallest absolute Gasteiger partial charge is 0.228 e. The number of piperidine rings is 1. The van der Waals surface area contributed by atoms with Gasteiger partial charge in [0.1, 0.15) is 0 Å². The minimum absolute atomic E-state index is 0. The van der Waals surface area contributed by atoms with E-state index in [2.05, 4.69) is 44.8 Å². The molecule has 1 aliphatic carbocycles. The van der Waals surface area contributed by atoms with Gasteiger partial charge in [0, 0.05) is 23.5 Å². The second-order valence-corrected chi connectivity index (χ2v) is 7.76. The zero-order valence-electron chi connectivity index (χ0n) is 14.1. The highest BCUT2D eigenvalue weighted by Crippen LogP contribution is 2.50. The van der Waals surface area contributed by atoms with Crippen LogP contribution in [0.4, 0.5) is 0 Å². The van der Waals surface area contributed by atoms with Crippen LogP contribution in [0.1, 0.15) is 31.2 Å². The molecule has 2 fully saturated rings. The first-order chi connectivity index (χ1) is 11.1. The highest BCUT2D eigenvalue weighted by atomic mass is 79.9. The molecule has 0 spiro atoms. The molecule has 4 nitrogen and oxygen atoms in total. The fourth-order valence-electron chi connectivity index (χ4n) is 3.64. The van der Waals surface area contributed by atoms with E-state index in [1.807, 2.05) is 6.07 Å². The van der Waals surface area contributed by atoms with Crippen molar-refractivity contribution in [1.82, 2.24) is 10.6 Å². The Balaban J connectivity index is 0.00000208. The van der Waals surface area contributed by atoms with Crippen LogP contribution in [-0.4, -0.2) is 39.3 Å². The second-order valence-electron chi connectivity index (χ2n) is 6.91. The van der Waals surface area contributed by atoms with E-state index in [1.165, 1.54) is 5.56 Å². The number of nitrogens with one attached hydrogen (secondary N) is 2. The van der Waals surface area contributed by atoms with Crippen LogP contribution >= 0.6 is 28.3 Å². The Labute approximate surface area is 158 Å². The number of hydrogen-bond donors (Lipinski definition) is 2. The van der Waals surface area contributed by atoms with Crippen molar-refractivity contribution in [2.24, 2.45) is 5.41 Å².